The smallest absolute Gasteiger partial charge is 0.346 e. The van der Waals surface area contributed by atoms with Crippen LogP contribution in [0, 0.1) is 0 Å². The van der Waals surface area contributed by atoms with Gasteiger partial charge in [-0.1, -0.05) is 0 Å². The van der Waals surface area contributed by atoms with Crippen LogP contribution >= 0.6 is 0 Å². The summed E-state index contributed by atoms with van der Waals surface area (Å²) in [5, 5.41) is 0. The molecule has 0 aliphatic carbocycles. The minimum Gasteiger partial charge on any atom is -0.462 e. The first-order valence-electron chi connectivity index (χ1n) is 8.35. The summed E-state index contributed by atoms with van der Waals surface area (Å²) in [5.41, 5.74) is 0.797. The molecule has 0 atom stereocenters. The van der Waals surface area contributed by atoms with Crippen LogP contribution in [0.15, 0.2) is 48.5 Å². The molecule has 0 amide bonds. The van der Waals surface area contributed by atoms with Gasteiger partial charge in [-0.3, -0.25) is 0 Å². The molecule has 2 aromatic rings. The molecule has 7 heteroatoms. The molecule has 3 aliphatic rings. The molecule has 0 spiro atoms. The van der Waals surface area contributed by atoms with Crippen LogP contribution in [0.2, 0.25) is 0 Å². The summed E-state index contributed by atoms with van der Waals surface area (Å²) in [6.07, 6.45) is 1.08. The predicted octanol–water partition coefficient (Wildman–Crippen LogP) is 2.79. The van der Waals surface area contributed by atoms with Gasteiger partial charge in [0.05, 0.1) is 35.5 Å². The summed E-state index contributed by atoms with van der Waals surface area (Å²) < 4.78 is 15.1. The van der Waals surface area contributed by atoms with E-state index in [0.29, 0.717) is 12.8 Å². The Balaban J connectivity index is 1.83. The number of carbonyl (C=O) groups excluding carboxylic acids is 4. The highest BCUT2D eigenvalue weighted by Gasteiger charge is 2.17. The lowest BCUT2D eigenvalue weighted by molar-refractivity contribution is 0.0394. The minimum atomic E-state index is -0.846. The molecule has 0 fully saturated rings. The van der Waals surface area contributed by atoms with Crippen molar-refractivity contribution in [2.24, 2.45) is 0 Å². The van der Waals surface area contributed by atoms with Gasteiger partial charge < -0.3 is 14.2 Å². The summed E-state index contributed by atoms with van der Waals surface area (Å²) in [6, 6.07) is 11.2. The van der Waals surface area contributed by atoms with Crippen LogP contribution in [-0.2, 0) is 14.2 Å². The number of carbonyl (C=O) groups is 4. The third kappa shape index (κ3) is 4.58. The molecule has 0 aromatic heterocycles. The van der Waals surface area contributed by atoms with Crippen LogP contribution in [0.25, 0.3) is 0 Å². The van der Waals surface area contributed by atoms with E-state index in [1.807, 2.05) is 0 Å². The lowest BCUT2D eigenvalue weighted by atomic mass is 10.1. The number of esters is 4. The van der Waals surface area contributed by atoms with Gasteiger partial charge in [-0.05, 0) is 61.4 Å². The van der Waals surface area contributed by atoms with Gasteiger partial charge in [0.2, 0.25) is 0 Å². The molecule has 0 saturated carbocycles. The first kappa shape index (κ1) is 18.3. The van der Waals surface area contributed by atoms with E-state index in [-0.39, 0.29) is 35.5 Å². The van der Waals surface area contributed by atoms with Crippen LogP contribution in [-0.4, -0.2) is 37.1 Å². The van der Waals surface area contributed by atoms with Crippen molar-refractivity contribution in [1.29, 1.82) is 0 Å². The van der Waals surface area contributed by atoms with Crippen LogP contribution < -0.4 is 0 Å². The van der Waals surface area contributed by atoms with E-state index >= 15 is 0 Å². The van der Waals surface area contributed by atoms with E-state index < -0.39 is 23.9 Å². The highest BCUT2D eigenvalue weighted by Crippen LogP contribution is 2.12. The molecule has 0 saturated heterocycles. The van der Waals surface area contributed by atoms with Gasteiger partial charge in [0.15, 0.2) is 0 Å². The molecule has 0 N–H and O–H groups in total. The van der Waals surface area contributed by atoms with Crippen molar-refractivity contribution in [3.63, 3.8) is 0 Å². The van der Waals surface area contributed by atoms with E-state index in [1.54, 1.807) is 0 Å². The van der Waals surface area contributed by atoms with E-state index in [4.69, 9.17) is 14.2 Å². The maximum Gasteiger partial charge on any atom is 0.346 e. The Kier molecular flexibility index (Phi) is 5.61. The SMILES string of the molecule is O=C1OCCCCOC(=O)c2ccc(cc2)C(=O)OC(=O)c2ccc1cc2. The Morgan fingerprint density at radius 1 is 0.481 bits per heavy atom. The zero-order chi connectivity index (χ0) is 19.2. The largest absolute Gasteiger partial charge is 0.462 e. The van der Waals surface area contributed by atoms with Crippen molar-refractivity contribution in [2.45, 2.75) is 12.8 Å². The molecule has 7 nitrogen and oxygen atoms in total. The second kappa shape index (κ2) is 8.27. The quantitative estimate of drug-likeness (QED) is 0.401. The van der Waals surface area contributed by atoms with E-state index in [2.05, 4.69) is 0 Å². The Bertz CT molecular complexity index is 793. The van der Waals surface area contributed by atoms with Crippen LogP contribution in [0.3, 0.4) is 0 Å². The van der Waals surface area contributed by atoms with Crippen molar-refractivity contribution < 1.29 is 33.4 Å². The van der Waals surface area contributed by atoms with Crippen molar-refractivity contribution in [3.05, 3.63) is 70.8 Å². The molecule has 0 radical (unpaired) electrons. The molecule has 4 bridgehead atoms. The monoisotopic (exact) mass is 368 g/mol. The van der Waals surface area contributed by atoms with E-state index in [0.717, 1.165) is 0 Å². The molecule has 2 aromatic carbocycles. The number of fused-ring (bicyclic) bond motifs is 2. The Hall–Kier alpha value is -3.48. The number of hydrogen-bond acceptors (Lipinski definition) is 7. The average molecular weight is 368 g/mol. The zero-order valence-corrected chi connectivity index (χ0v) is 14.3. The fourth-order valence-electron chi connectivity index (χ4n) is 2.39. The van der Waals surface area contributed by atoms with E-state index in [9.17, 15) is 19.2 Å². The van der Waals surface area contributed by atoms with Gasteiger partial charge in [-0.2, -0.15) is 0 Å². The van der Waals surface area contributed by atoms with Gasteiger partial charge in [-0.15, -0.1) is 0 Å². The summed E-state index contributed by atoms with van der Waals surface area (Å²) in [7, 11) is 0. The minimum absolute atomic E-state index is 0.123. The maximum atomic E-state index is 12.1. The van der Waals surface area contributed by atoms with Crippen molar-refractivity contribution in [3.8, 4) is 0 Å². The third-order valence-corrected chi connectivity index (χ3v) is 3.90. The molecule has 3 heterocycles. The molecule has 5 rings (SSSR count). The van der Waals surface area contributed by atoms with Crippen LogP contribution in [0.5, 0.6) is 0 Å². The Morgan fingerprint density at radius 3 is 1.11 bits per heavy atom. The lowest BCUT2D eigenvalue weighted by Crippen LogP contribution is -2.13. The predicted molar refractivity (Wildman–Crippen MR) is 92.4 cm³/mol. The van der Waals surface area contributed by atoms with Gasteiger partial charge >= 0.3 is 23.9 Å². The van der Waals surface area contributed by atoms with Gasteiger partial charge in [-0.25, -0.2) is 19.2 Å². The standard InChI is InChI=1S/C20H16O7/c21-17-13-3-7-15(8-4-13)19(23)27-20(24)16-9-5-14(6-10-16)18(22)26-12-2-1-11-25-17/h3-10H,1-2,11-12H2. The number of benzene rings is 2. The number of rotatable bonds is 0. The van der Waals surface area contributed by atoms with Crippen molar-refractivity contribution in [1.82, 2.24) is 0 Å². The summed E-state index contributed by atoms with van der Waals surface area (Å²) in [5.74, 6) is -2.75. The van der Waals surface area contributed by atoms with Crippen molar-refractivity contribution in [2.75, 3.05) is 13.2 Å². The first-order chi connectivity index (χ1) is 13.0. The molecule has 3 aliphatic heterocycles. The highest BCUT2D eigenvalue weighted by atomic mass is 16.6. The molecule has 0 unspecified atom stereocenters. The highest BCUT2D eigenvalue weighted by molar-refractivity contribution is 6.03. The Morgan fingerprint density at radius 2 is 0.778 bits per heavy atom. The third-order valence-electron chi connectivity index (χ3n) is 3.90. The normalized spacial score (nSPS) is 16.0. The molecular formula is C20H16O7. The number of hydrogen-bond donors (Lipinski definition) is 0. The topological polar surface area (TPSA) is 96.0 Å². The van der Waals surface area contributed by atoms with Crippen LogP contribution in [0.1, 0.15) is 54.3 Å². The van der Waals surface area contributed by atoms with E-state index in [1.165, 1.54) is 48.5 Å². The fraction of sp³-hybridized carbons (Fsp3) is 0.200. The van der Waals surface area contributed by atoms with Gasteiger partial charge in [0.25, 0.3) is 0 Å². The summed E-state index contributed by atoms with van der Waals surface area (Å²) in [4.78, 5) is 48.0. The maximum absolute atomic E-state index is 12.1. The molecule has 138 valence electrons. The number of ether oxygens (including phenoxy) is 3. The van der Waals surface area contributed by atoms with Gasteiger partial charge in [0, 0.05) is 0 Å². The average Bonchev–Trinajstić information content (AvgIpc) is 2.69. The Labute approximate surface area is 154 Å². The summed E-state index contributed by atoms with van der Waals surface area (Å²) in [6.45, 7) is 0.368. The lowest BCUT2D eigenvalue weighted by Gasteiger charge is -2.06. The van der Waals surface area contributed by atoms with Crippen LogP contribution in [0.4, 0.5) is 0 Å². The molecular weight excluding hydrogens is 352 g/mol. The fourth-order valence-corrected chi connectivity index (χ4v) is 2.39. The second-order valence-corrected chi connectivity index (χ2v) is 5.81. The van der Waals surface area contributed by atoms with Crippen molar-refractivity contribution >= 4 is 23.9 Å². The summed E-state index contributed by atoms with van der Waals surface area (Å²) >= 11 is 0. The second-order valence-electron chi connectivity index (χ2n) is 5.81. The van der Waals surface area contributed by atoms with Gasteiger partial charge in [0.1, 0.15) is 0 Å². The molecule has 27 heavy (non-hydrogen) atoms. The zero-order valence-electron chi connectivity index (χ0n) is 14.3. The first-order valence-corrected chi connectivity index (χ1v) is 8.35.